The molecular weight excluding hydrogens is 388 g/mol. The van der Waals surface area contributed by atoms with E-state index in [2.05, 4.69) is 15.0 Å². The zero-order valence-corrected chi connectivity index (χ0v) is 18.1. The summed E-state index contributed by atoms with van der Waals surface area (Å²) in [6, 6.07) is 17.2. The lowest BCUT2D eigenvalue weighted by atomic mass is 10.2. The van der Waals surface area contributed by atoms with Gasteiger partial charge in [-0.3, -0.25) is 9.59 Å². The molecule has 1 N–H and O–H groups in total. The number of carbonyl (C=O) groups excluding carboxylic acids is 1. The van der Waals surface area contributed by atoms with Gasteiger partial charge in [-0.25, -0.2) is 0 Å². The predicted octanol–water partition coefficient (Wildman–Crippen LogP) is 4.53. The Hall–Kier alpha value is -3.67. The zero-order valence-electron chi connectivity index (χ0n) is 18.1. The second kappa shape index (κ2) is 8.60. The molecule has 158 valence electrons. The van der Waals surface area contributed by atoms with Crippen molar-refractivity contribution in [2.24, 2.45) is 0 Å². The Morgan fingerprint density at radius 2 is 1.68 bits per heavy atom. The standard InChI is InChI=1S/C25H26N4O2/c1-17-10-7-8-13-22(17)27-23(30)14-9-15-28-18(2)21-16-26-29(20-11-5-4-6-12-20)25(31)24(21)19(28)3/h4-8,10-13,16H,9,14-15H2,1-3H3,(H,27,30). The van der Waals surface area contributed by atoms with E-state index in [1.165, 1.54) is 4.68 Å². The number of hydrogen-bond acceptors (Lipinski definition) is 3. The largest absolute Gasteiger partial charge is 0.348 e. The molecular formula is C25H26N4O2. The molecule has 0 aliphatic carbocycles. The molecule has 0 bridgehead atoms. The Kier molecular flexibility index (Phi) is 5.71. The summed E-state index contributed by atoms with van der Waals surface area (Å²) in [4.78, 5) is 25.5. The van der Waals surface area contributed by atoms with Crippen molar-refractivity contribution in [3.63, 3.8) is 0 Å². The highest BCUT2D eigenvalue weighted by molar-refractivity contribution is 5.91. The van der Waals surface area contributed by atoms with E-state index in [1.807, 2.05) is 75.4 Å². The quantitative estimate of drug-likeness (QED) is 0.504. The number of amides is 1. The van der Waals surface area contributed by atoms with E-state index in [4.69, 9.17) is 0 Å². The smallest absolute Gasteiger partial charge is 0.281 e. The Labute approximate surface area is 181 Å². The molecule has 0 saturated carbocycles. The van der Waals surface area contributed by atoms with E-state index in [9.17, 15) is 9.59 Å². The van der Waals surface area contributed by atoms with Crippen molar-refractivity contribution in [3.05, 3.63) is 88.1 Å². The van der Waals surface area contributed by atoms with Crippen molar-refractivity contribution in [1.82, 2.24) is 14.3 Å². The number of aromatic nitrogens is 3. The van der Waals surface area contributed by atoms with Crippen molar-refractivity contribution < 1.29 is 4.79 Å². The first-order valence-electron chi connectivity index (χ1n) is 10.5. The minimum Gasteiger partial charge on any atom is -0.348 e. The van der Waals surface area contributed by atoms with Crippen molar-refractivity contribution in [2.45, 2.75) is 40.2 Å². The summed E-state index contributed by atoms with van der Waals surface area (Å²) in [6.07, 6.45) is 2.85. The van der Waals surface area contributed by atoms with Gasteiger partial charge < -0.3 is 9.88 Å². The molecule has 0 spiro atoms. The van der Waals surface area contributed by atoms with Crippen molar-refractivity contribution in [1.29, 1.82) is 0 Å². The van der Waals surface area contributed by atoms with Crippen LogP contribution in [0.25, 0.3) is 16.5 Å². The van der Waals surface area contributed by atoms with Crippen LogP contribution in [0.1, 0.15) is 29.8 Å². The average molecular weight is 415 g/mol. The van der Waals surface area contributed by atoms with Crippen molar-refractivity contribution in [3.8, 4) is 5.69 Å². The average Bonchev–Trinajstić information content (AvgIpc) is 3.01. The van der Waals surface area contributed by atoms with Crippen LogP contribution in [-0.2, 0) is 11.3 Å². The van der Waals surface area contributed by atoms with Crippen LogP contribution in [0.4, 0.5) is 5.69 Å². The maximum Gasteiger partial charge on any atom is 0.281 e. The number of anilines is 1. The monoisotopic (exact) mass is 414 g/mol. The summed E-state index contributed by atoms with van der Waals surface area (Å²) >= 11 is 0. The van der Waals surface area contributed by atoms with Gasteiger partial charge in [0.1, 0.15) is 0 Å². The summed E-state index contributed by atoms with van der Waals surface area (Å²) in [6.45, 7) is 6.60. The molecule has 0 aliphatic heterocycles. The molecule has 6 nitrogen and oxygen atoms in total. The lowest BCUT2D eigenvalue weighted by Crippen LogP contribution is -2.21. The number of carbonyl (C=O) groups is 1. The number of aryl methyl sites for hydroxylation is 3. The minimum absolute atomic E-state index is 0.00517. The van der Waals surface area contributed by atoms with Gasteiger partial charge in [0.15, 0.2) is 0 Å². The van der Waals surface area contributed by atoms with Crippen LogP contribution in [0.5, 0.6) is 0 Å². The summed E-state index contributed by atoms with van der Waals surface area (Å²) < 4.78 is 3.55. The van der Waals surface area contributed by atoms with E-state index in [1.54, 1.807) is 6.20 Å². The molecule has 0 saturated heterocycles. The summed E-state index contributed by atoms with van der Waals surface area (Å²) in [5.41, 5.74) is 4.41. The van der Waals surface area contributed by atoms with Crippen LogP contribution in [0, 0.1) is 20.8 Å². The molecule has 0 atom stereocenters. The first-order chi connectivity index (χ1) is 15.0. The number of fused-ring (bicyclic) bond motifs is 1. The molecule has 0 unspecified atom stereocenters. The molecule has 6 heteroatoms. The maximum atomic E-state index is 13.2. The number of rotatable bonds is 6. The third-order valence-electron chi connectivity index (χ3n) is 5.74. The molecule has 0 aliphatic rings. The zero-order chi connectivity index (χ0) is 22.0. The second-order valence-corrected chi connectivity index (χ2v) is 7.77. The highest BCUT2D eigenvalue weighted by atomic mass is 16.1. The Morgan fingerprint density at radius 1 is 0.968 bits per heavy atom. The first-order valence-corrected chi connectivity index (χ1v) is 10.5. The molecule has 4 rings (SSSR count). The Balaban J connectivity index is 1.53. The van der Waals surface area contributed by atoms with Gasteiger partial charge in [0.05, 0.1) is 17.3 Å². The van der Waals surface area contributed by atoms with Crippen LogP contribution in [0.15, 0.2) is 65.6 Å². The first kappa shape index (κ1) is 20.6. The van der Waals surface area contributed by atoms with Crippen molar-refractivity contribution in [2.75, 3.05) is 5.32 Å². The van der Waals surface area contributed by atoms with Gasteiger partial charge in [0.2, 0.25) is 5.91 Å². The predicted molar refractivity (Wildman–Crippen MR) is 124 cm³/mol. The van der Waals surface area contributed by atoms with E-state index in [0.29, 0.717) is 24.8 Å². The lowest BCUT2D eigenvalue weighted by Gasteiger charge is -2.10. The molecule has 0 fully saturated rings. The molecule has 2 aromatic heterocycles. The maximum absolute atomic E-state index is 13.2. The molecule has 0 radical (unpaired) electrons. The SMILES string of the molecule is Cc1ccccc1NC(=O)CCCn1c(C)c2cnn(-c3ccccc3)c(=O)c2c1C. The van der Waals surface area contributed by atoms with E-state index in [0.717, 1.165) is 33.7 Å². The Bertz CT molecular complexity index is 1300. The third-order valence-corrected chi connectivity index (χ3v) is 5.74. The van der Waals surface area contributed by atoms with Crippen LogP contribution in [-0.4, -0.2) is 20.3 Å². The van der Waals surface area contributed by atoms with Gasteiger partial charge in [0, 0.05) is 35.4 Å². The van der Waals surface area contributed by atoms with Gasteiger partial charge in [-0.05, 0) is 51.0 Å². The molecule has 1 amide bonds. The minimum atomic E-state index is -0.125. The number of nitrogens with one attached hydrogen (secondary N) is 1. The number of para-hydroxylation sites is 2. The second-order valence-electron chi connectivity index (χ2n) is 7.77. The highest BCUT2D eigenvalue weighted by Gasteiger charge is 2.17. The Morgan fingerprint density at radius 3 is 2.42 bits per heavy atom. The highest BCUT2D eigenvalue weighted by Crippen LogP contribution is 2.23. The normalized spacial score (nSPS) is 11.1. The lowest BCUT2D eigenvalue weighted by molar-refractivity contribution is -0.116. The topological polar surface area (TPSA) is 68.9 Å². The number of hydrogen-bond donors (Lipinski definition) is 1. The third kappa shape index (κ3) is 4.01. The summed E-state index contributed by atoms with van der Waals surface area (Å²) in [5, 5.41) is 8.90. The number of nitrogens with zero attached hydrogens (tertiary/aromatic N) is 3. The molecule has 2 aromatic carbocycles. The van der Waals surface area contributed by atoms with Gasteiger partial charge in [-0.1, -0.05) is 36.4 Å². The molecule has 31 heavy (non-hydrogen) atoms. The van der Waals surface area contributed by atoms with Crippen LogP contribution in [0.3, 0.4) is 0 Å². The van der Waals surface area contributed by atoms with Gasteiger partial charge >= 0.3 is 0 Å². The van der Waals surface area contributed by atoms with Crippen molar-refractivity contribution >= 4 is 22.4 Å². The van der Waals surface area contributed by atoms with Gasteiger partial charge in [-0.2, -0.15) is 9.78 Å². The van der Waals surface area contributed by atoms with Gasteiger partial charge in [-0.15, -0.1) is 0 Å². The fraction of sp³-hybridized carbons (Fsp3) is 0.240. The van der Waals surface area contributed by atoms with Gasteiger partial charge in [0.25, 0.3) is 5.56 Å². The fourth-order valence-electron chi connectivity index (χ4n) is 4.02. The fourth-order valence-corrected chi connectivity index (χ4v) is 4.02. The van der Waals surface area contributed by atoms with E-state index in [-0.39, 0.29) is 11.5 Å². The van der Waals surface area contributed by atoms with E-state index < -0.39 is 0 Å². The van der Waals surface area contributed by atoms with Crippen LogP contribution >= 0.6 is 0 Å². The summed E-state index contributed by atoms with van der Waals surface area (Å²) in [5.74, 6) is -0.00517. The van der Waals surface area contributed by atoms with Crippen LogP contribution < -0.4 is 10.9 Å². The molecule has 2 heterocycles. The number of benzene rings is 2. The van der Waals surface area contributed by atoms with E-state index >= 15 is 0 Å². The molecule has 4 aromatic rings. The summed E-state index contributed by atoms with van der Waals surface area (Å²) in [7, 11) is 0. The van der Waals surface area contributed by atoms with Crippen LogP contribution in [0.2, 0.25) is 0 Å².